The summed E-state index contributed by atoms with van der Waals surface area (Å²) in [4.78, 5) is 25.0. The number of fused-ring (bicyclic) bond motifs is 1. The van der Waals surface area contributed by atoms with Crippen molar-refractivity contribution in [1.82, 2.24) is 4.31 Å². The van der Waals surface area contributed by atoms with Crippen molar-refractivity contribution in [2.75, 3.05) is 25.2 Å². The first kappa shape index (κ1) is 25.2. The highest BCUT2D eigenvalue weighted by Gasteiger charge is 2.34. The van der Waals surface area contributed by atoms with Crippen molar-refractivity contribution in [2.45, 2.75) is 44.0 Å². The molecule has 35 heavy (non-hydrogen) atoms. The van der Waals surface area contributed by atoms with Crippen LogP contribution in [0.4, 0.5) is 5.69 Å². The number of carbonyl (C=O) groups is 2. The Morgan fingerprint density at radius 1 is 1.09 bits per heavy atom. The molecule has 10 nitrogen and oxygen atoms in total. The molecule has 1 N–H and O–H groups in total. The van der Waals surface area contributed by atoms with Gasteiger partial charge in [-0.2, -0.15) is 4.31 Å². The molecule has 188 valence electrons. The van der Waals surface area contributed by atoms with Crippen molar-refractivity contribution in [3.8, 4) is 11.5 Å². The Labute approximate surface area is 208 Å². The number of hydrogen-bond donors (Lipinski definition) is 1. The number of anilines is 1. The third kappa shape index (κ3) is 5.53. The Kier molecular flexibility index (Phi) is 7.22. The number of esters is 1. The van der Waals surface area contributed by atoms with E-state index in [4.69, 9.17) is 30.5 Å². The number of benzene rings is 2. The molecular weight excluding hydrogens is 500 g/mol. The highest BCUT2D eigenvalue weighted by atomic mass is 35.5. The lowest BCUT2D eigenvalue weighted by Crippen LogP contribution is -2.48. The smallest absolute Gasteiger partial charge is 0.338 e. The molecule has 12 heteroatoms. The van der Waals surface area contributed by atoms with Crippen LogP contribution in [0.2, 0.25) is 5.02 Å². The summed E-state index contributed by atoms with van der Waals surface area (Å²) >= 11 is 6.19. The molecule has 1 fully saturated rings. The topological polar surface area (TPSA) is 120 Å². The average molecular weight is 525 g/mol. The van der Waals surface area contributed by atoms with Crippen LogP contribution in [0.25, 0.3) is 0 Å². The molecule has 0 unspecified atom stereocenters. The van der Waals surface area contributed by atoms with Crippen molar-refractivity contribution in [2.24, 2.45) is 0 Å². The average Bonchev–Trinajstić information content (AvgIpc) is 3.26. The molecule has 0 aliphatic carbocycles. The number of morpholine rings is 1. The highest BCUT2D eigenvalue weighted by molar-refractivity contribution is 7.89. The van der Waals surface area contributed by atoms with Crippen LogP contribution in [-0.4, -0.2) is 62.8 Å². The predicted molar refractivity (Wildman–Crippen MR) is 126 cm³/mol. The van der Waals surface area contributed by atoms with E-state index in [1.807, 2.05) is 0 Å². The molecule has 2 aliphatic heterocycles. The van der Waals surface area contributed by atoms with Gasteiger partial charge in [0.25, 0.3) is 5.91 Å². The van der Waals surface area contributed by atoms with Gasteiger partial charge in [0, 0.05) is 24.8 Å². The molecule has 1 amide bonds. The van der Waals surface area contributed by atoms with E-state index in [2.05, 4.69) is 5.32 Å². The zero-order valence-electron chi connectivity index (χ0n) is 19.3. The maximum absolute atomic E-state index is 13.2. The summed E-state index contributed by atoms with van der Waals surface area (Å²) in [5.74, 6) is -0.381. The minimum absolute atomic E-state index is 0.0260. The number of rotatable bonds is 6. The summed E-state index contributed by atoms with van der Waals surface area (Å²) in [6.45, 7) is 5.39. The fourth-order valence-electron chi connectivity index (χ4n) is 3.79. The summed E-state index contributed by atoms with van der Waals surface area (Å²) in [7, 11) is -3.99. The third-order valence-corrected chi connectivity index (χ3v) is 7.78. The molecule has 2 aromatic carbocycles. The molecule has 2 aromatic rings. The van der Waals surface area contributed by atoms with E-state index in [-0.39, 0.29) is 47.6 Å². The van der Waals surface area contributed by atoms with Crippen molar-refractivity contribution >= 4 is 39.2 Å². The summed E-state index contributed by atoms with van der Waals surface area (Å²) < 4.78 is 49.1. The number of amides is 1. The van der Waals surface area contributed by atoms with Gasteiger partial charge in [-0.25, -0.2) is 13.2 Å². The van der Waals surface area contributed by atoms with Crippen LogP contribution < -0.4 is 14.8 Å². The molecule has 0 saturated carbocycles. The first-order valence-corrected chi connectivity index (χ1v) is 12.7. The first-order chi connectivity index (χ1) is 16.5. The van der Waals surface area contributed by atoms with E-state index in [1.165, 1.54) is 23.4 Å². The largest absolute Gasteiger partial charge is 0.454 e. The van der Waals surface area contributed by atoms with Crippen LogP contribution in [-0.2, 0) is 24.3 Å². The molecule has 0 bridgehead atoms. The standard InChI is InChI=1S/C23H25ClN2O8S/c1-13-10-26(11-14(2)33-13)35(29,30)21-8-16(4-6-18(21)24)23(28)34-15(3)22(27)25-17-5-7-19-20(9-17)32-12-31-19/h4-9,13-15H,10-12H2,1-3H3,(H,25,27)/t13-,14+,15-/m0/s1. The van der Waals surface area contributed by atoms with Gasteiger partial charge in [-0.1, -0.05) is 11.6 Å². The quantitative estimate of drug-likeness (QED) is 0.572. The summed E-state index contributed by atoms with van der Waals surface area (Å²) in [6, 6.07) is 8.70. The zero-order chi connectivity index (χ0) is 25.3. The number of sulfonamides is 1. The molecule has 0 aromatic heterocycles. The maximum atomic E-state index is 13.2. The highest BCUT2D eigenvalue weighted by Crippen LogP contribution is 2.34. The van der Waals surface area contributed by atoms with Gasteiger partial charge in [-0.15, -0.1) is 0 Å². The second kappa shape index (κ2) is 10.0. The van der Waals surface area contributed by atoms with Gasteiger partial charge in [0.2, 0.25) is 16.8 Å². The molecule has 0 spiro atoms. The van der Waals surface area contributed by atoms with Crippen LogP contribution >= 0.6 is 11.6 Å². The fourth-order valence-corrected chi connectivity index (χ4v) is 5.89. The Morgan fingerprint density at radius 3 is 2.49 bits per heavy atom. The Hall–Kier alpha value is -2.86. The van der Waals surface area contributed by atoms with Crippen LogP contribution in [0.3, 0.4) is 0 Å². The van der Waals surface area contributed by atoms with E-state index in [0.717, 1.165) is 6.07 Å². The maximum Gasteiger partial charge on any atom is 0.338 e. The van der Waals surface area contributed by atoms with Gasteiger partial charge < -0.3 is 24.3 Å². The molecule has 4 rings (SSSR count). The van der Waals surface area contributed by atoms with Gasteiger partial charge >= 0.3 is 5.97 Å². The van der Waals surface area contributed by atoms with Gasteiger partial charge in [0.1, 0.15) is 4.90 Å². The lowest BCUT2D eigenvalue weighted by molar-refractivity contribution is -0.123. The SMILES string of the molecule is C[C@@H]1CN(S(=O)(=O)c2cc(C(=O)O[C@@H](C)C(=O)Nc3ccc4c(c3)OCO4)ccc2Cl)C[C@H](C)O1. The molecular formula is C23H25ClN2O8S. The Bertz CT molecular complexity index is 1240. The second-order valence-corrected chi connectivity index (χ2v) is 10.6. The van der Waals surface area contributed by atoms with Crippen LogP contribution in [0.15, 0.2) is 41.3 Å². The number of hydrogen-bond acceptors (Lipinski definition) is 8. The molecule has 0 radical (unpaired) electrons. The molecule has 1 saturated heterocycles. The van der Waals surface area contributed by atoms with Crippen LogP contribution in [0.5, 0.6) is 11.5 Å². The Morgan fingerprint density at radius 2 is 1.77 bits per heavy atom. The van der Waals surface area contributed by atoms with Gasteiger partial charge in [-0.3, -0.25) is 4.79 Å². The van der Waals surface area contributed by atoms with Crippen LogP contribution in [0, 0.1) is 0 Å². The van der Waals surface area contributed by atoms with Crippen molar-refractivity contribution in [3.63, 3.8) is 0 Å². The first-order valence-electron chi connectivity index (χ1n) is 10.9. The van der Waals surface area contributed by atoms with Crippen molar-refractivity contribution in [3.05, 3.63) is 47.0 Å². The predicted octanol–water partition coefficient (Wildman–Crippen LogP) is 3.05. The number of carbonyl (C=O) groups excluding carboxylic acids is 2. The van der Waals surface area contributed by atoms with Gasteiger partial charge in [0.15, 0.2) is 17.6 Å². The fraction of sp³-hybridized carbons (Fsp3) is 0.391. The van der Waals surface area contributed by atoms with Gasteiger partial charge in [0.05, 0.1) is 22.8 Å². The molecule has 2 aliphatic rings. The van der Waals surface area contributed by atoms with E-state index >= 15 is 0 Å². The summed E-state index contributed by atoms with van der Waals surface area (Å²) in [5.41, 5.74) is 0.390. The number of nitrogens with one attached hydrogen (secondary N) is 1. The summed E-state index contributed by atoms with van der Waals surface area (Å²) in [6.07, 6.45) is -1.74. The number of ether oxygens (including phenoxy) is 4. The van der Waals surface area contributed by atoms with Crippen molar-refractivity contribution in [1.29, 1.82) is 0 Å². The van der Waals surface area contributed by atoms with E-state index < -0.39 is 28.0 Å². The molecule has 2 heterocycles. The van der Waals surface area contributed by atoms with E-state index in [0.29, 0.717) is 17.2 Å². The van der Waals surface area contributed by atoms with Crippen LogP contribution in [0.1, 0.15) is 31.1 Å². The second-order valence-electron chi connectivity index (χ2n) is 8.33. The van der Waals surface area contributed by atoms with Gasteiger partial charge in [-0.05, 0) is 51.1 Å². The summed E-state index contributed by atoms with van der Waals surface area (Å²) in [5, 5.41) is 2.61. The normalized spacial score (nSPS) is 20.8. The third-order valence-electron chi connectivity index (χ3n) is 5.46. The minimum atomic E-state index is -3.99. The number of nitrogens with zero attached hydrogens (tertiary/aromatic N) is 1. The minimum Gasteiger partial charge on any atom is -0.454 e. The monoisotopic (exact) mass is 524 g/mol. The Balaban J connectivity index is 1.46. The zero-order valence-corrected chi connectivity index (χ0v) is 20.9. The molecule has 3 atom stereocenters. The number of halogens is 1. The lowest BCUT2D eigenvalue weighted by Gasteiger charge is -2.34. The van der Waals surface area contributed by atoms with Crippen molar-refractivity contribution < 1.29 is 37.0 Å². The van der Waals surface area contributed by atoms with E-state index in [1.54, 1.807) is 32.0 Å². The van der Waals surface area contributed by atoms with E-state index in [9.17, 15) is 18.0 Å². The lowest BCUT2D eigenvalue weighted by atomic mass is 10.2.